The minimum atomic E-state index is -0.122. The molecule has 17 heavy (non-hydrogen) atoms. The first-order valence-electron chi connectivity index (χ1n) is 6.14. The van der Waals surface area contributed by atoms with Crippen LogP contribution in [0.1, 0.15) is 26.3 Å². The largest absolute Gasteiger partial charge is 0.316 e. The first kappa shape index (κ1) is 14.7. The summed E-state index contributed by atoms with van der Waals surface area (Å²) >= 11 is 3.22. The molecule has 0 saturated carbocycles. The predicted octanol–water partition coefficient (Wildman–Crippen LogP) is 4.01. The molecule has 0 radical (unpaired) electrons. The average Bonchev–Trinajstić information content (AvgIpc) is 2.24. The minimum Gasteiger partial charge on any atom is -0.316 e. The highest BCUT2D eigenvalue weighted by Crippen LogP contribution is 2.20. The third kappa shape index (κ3) is 5.17. The van der Waals surface area contributed by atoms with Crippen LogP contribution in [0.4, 0.5) is 4.39 Å². The van der Waals surface area contributed by atoms with Crippen molar-refractivity contribution in [2.45, 2.75) is 27.2 Å². The van der Waals surface area contributed by atoms with Gasteiger partial charge in [0.2, 0.25) is 0 Å². The predicted molar refractivity (Wildman–Crippen MR) is 74.7 cm³/mol. The summed E-state index contributed by atoms with van der Waals surface area (Å²) in [5, 5.41) is 3.40. The van der Waals surface area contributed by atoms with Gasteiger partial charge in [0.25, 0.3) is 0 Å². The molecule has 0 spiro atoms. The van der Waals surface area contributed by atoms with E-state index in [-0.39, 0.29) is 5.82 Å². The summed E-state index contributed by atoms with van der Waals surface area (Å²) in [7, 11) is 0. The van der Waals surface area contributed by atoms with E-state index < -0.39 is 0 Å². The second-order valence-electron chi connectivity index (χ2n) is 5.07. The molecular formula is C14H21BrFN. The molecule has 0 aliphatic carbocycles. The van der Waals surface area contributed by atoms with Crippen molar-refractivity contribution in [1.82, 2.24) is 5.32 Å². The van der Waals surface area contributed by atoms with Gasteiger partial charge in [0.15, 0.2) is 0 Å². The van der Waals surface area contributed by atoms with Crippen molar-refractivity contribution in [3.63, 3.8) is 0 Å². The van der Waals surface area contributed by atoms with Gasteiger partial charge in [0, 0.05) is 0 Å². The Bertz CT molecular complexity index is 352. The van der Waals surface area contributed by atoms with E-state index in [9.17, 15) is 4.39 Å². The van der Waals surface area contributed by atoms with Crippen LogP contribution in [0, 0.1) is 17.7 Å². The molecule has 1 aromatic rings. The number of nitrogens with one attached hydrogen (secondary N) is 1. The van der Waals surface area contributed by atoms with Crippen molar-refractivity contribution in [2.24, 2.45) is 11.8 Å². The lowest BCUT2D eigenvalue weighted by atomic mass is 10.0. The van der Waals surface area contributed by atoms with Gasteiger partial charge in [-0.3, -0.25) is 0 Å². The molecule has 96 valence electrons. The van der Waals surface area contributed by atoms with Crippen LogP contribution in [0.2, 0.25) is 0 Å². The van der Waals surface area contributed by atoms with Crippen LogP contribution in [0.25, 0.3) is 0 Å². The van der Waals surface area contributed by atoms with E-state index >= 15 is 0 Å². The van der Waals surface area contributed by atoms with Gasteiger partial charge in [0.1, 0.15) is 5.82 Å². The Labute approximate surface area is 112 Å². The van der Waals surface area contributed by atoms with Crippen molar-refractivity contribution >= 4 is 15.9 Å². The first-order valence-corrected chi connectivity index (χ1v) is 6.93. The van der Waals surface area contributed by atoms with Gasteiger partial charge in [0.05, 0.1) is 4.47 Å². The lowest BCUT2D eigenvalue weighted by molar-refractivity contribution is 0.466. The summed E-state index contributed by atoms with van der Waals surface area (Å²) in [6.45, 7) is 8.47. The second kappa shape index (κ2) is 7.12. The van der Waals surface area contributed by atoms with E-state index in [2.05, 4.69) is 42.0 Å². The smallest absolute Gasteiger partial charge is 0.140 e. The van der Waals surface area contributed by atoms with Gasteiger partial charge in [-0.1, -0.05) is 32.9 Å². The molecule has 0 saturated heterocycles. The zero-order valence-electron chi connectivity index (χ0n) is 10.8. The van der Waals surface area contributed by atoms with Gasteiger partial charge in [-0.15, -0.1) is 0 Å². The van der Waals surface area contributed by atoms with E-state index in [0.29, 0.717) is 16.3 Å². The molecule has 0 heterocycles. The third-order valence-corrected chi connectivity index (χ3v) is 3.26. The van der Waals surface area contributed by atoms with Gasteiger partial charge >= 0.3 is 0 Å². The van der Waals surface area contributed by atoms with Crippen LogP contribution in [0.5, 0.6) is 0 Å². The van der Waals surface area contributed by atoms with Crippen LogP contribution in [-0.2, 0) is 6.42 Å². The molecule has 0 aliphatic rings. The molecule has 1 atom stereocenters. The Hall–Kier alpha value is -0.410. The Morgan fingerprint density at radius 2 is 1.94 bits per heavy atom. The van der Waals surface area contributed by atoms with Crippen molar-refractivity contribution in [2.75, 3.05) is 13.1 Å². The molecule has 1 N–H and O–H groups in total. The van der Waals surface area contributed by atoms with Gasteiger partial charge in [-0.25, -0.2) is 4.39 Å². The van der Waals surface area contributed by atoms with Gasteiger partial charge < -0.3 is 5.32 Å². The van der Waals surface area contributed by atoms with Crippen LogP contribution in [0.15, 0.2) is 22.7 Å². The minimum absolute atomic E-state index is 0.122. The van der Waals surface area contributed by atoms with Crippen LogP contribution < -0.4 is 5.32 Å². The molecular weight excluding hydrogens is 281 g/mol. The lowest BCUT2D eigenvalue weighted by Crippen LogP contribution is -2.26. The summed E-state index contributed by atoms with van der Waals surface area (Å²) in [5.74, 6) is 0.977. The van der Waals surface area contributed by atoms with Crippen LogP contribution in [-0.4, -0.2) is 13.1 Å². The molecule has 0 aromatic heterocycles. The maximum atomic E-state index is 13.7. The topological polar surface area (TPSA) is 12.0 Å². The van der Waals surface area contributed by atoms with E-state index in [4.69, 9.17) is 0 Å². The van der Waals surface area contributed by atoms with Gasteiger partial charge in [-0.2, -0.15) is 0 Å². The normalized spacial score (nSPS) is 13.1. The van der Waals surface area contributed by atoms with E-state index in [0.717, 1.165) is 25.1 Å². The molecule has 1 rings (SSSR count). The zero-order chi connectivity index (χ0) is 12.8. The number of rotatable bonds is 6. The van der Waals surface area contributed by atoms with E-state index in [1.165, 1.54) is 0 Å². The molecule has 1 unspecified atom stereocenters. The average molecular weight is 302 g/mol. The molecule has 0 bridgehead atoms. The van der Waals surface area contributed by atoms with Crippen LogP contribution >= 0.6 is 15.9 Å². The highest BCUT2D eigenvalue weighted by Gasteiger charge is 2.10. The Morgan fingerprint density at radius 1 is 1.24 bits per heavy atom. The number of halogens is 2. The summed E-state index contributed by atoms with van der Waals surface area (Å²) in [6.07, 6.45) is 0.774. The Kier molecular flexibility index (Phi) is 6.14. The highest BCUT2D eigenvalue weighted by atomic mass is 79.9. The van der Waals surface area contributed by atoms with Crippen LogP contribution in [0.3, 0.4) is 0 Å². The molecule has 0 aliphatic heterocycles. The number of hydrogen-bond donors (Lipinski definition) is 1. The fraction of sp³-hybridized carbons (Fsp3) is 0.571. The van der Waals surface area contributed by atoms with E-state index in [1.807, 2.05) is 12.1 Å². The Balaban J connectivity index is 2.45. The quantitative estimate of drug-likeness (QED) is 0.837. The molecule has 1 aromatic carbocycles. The third-order valence-electron chi connectivity index (χ3n) is 2.65. The second-order valence-corrected chi connectivity index (χ2v) is 5.93. The maximum Gasteiger partial charge on any atom is 0.140 e. The maximum absolute atomic E-state index is 13.7. The standard InChI is InChI=1S/C14H21BrFN/c1-10(2)8-17-9-11(3)7-12-5-4-6-13(15)14(12)16/h4-6,10-11,17H,7-9H2,1-3H3. The van der Waals surface area contributed by atoms with Crippen molar-refractivity contribution < 1.29 is 4.39 Å². The van der Waals surface area contributed by atoms with Crippen molar-refractivity contribution in [3.05, 3.63) is 34.1 Å². The fourth-order valence-electron chi connectivity index (χ4n) is 1.77. The van der Waals surface area contributed by atoms with Gasteiger partial charge in [-0.05, 0) is 58.9 Å². The van der Waals surface area contributed by atoms with Crippen molar-refractivity contribution in [3.8, 4) is 0 Å². The highest BCUT2D eigenvalue weighted by molar-refractivity contribution is 9.10. The Morgan fingerprint density at radius 3 is 2.59 bits per heavy atom. The molecule has 0 fully saturated rings. The summed E-state index contributed by atoms with van der Waals surface area (Å²) in [6, 6.07) is 5.48. The fourth-order valence-corrected chi connectivity index (χ4v) is 2.18. The monoisotopic (exact) mass is 301 g/mol. The molecule has 1 nitrogen and oxygen atoms in total. The van der Waals surface area contributed by atoms with E-state index in [1.54, 1.807) is 6.07 Å². The molecule has 0 amide bonds. The van der Waals surface area contributed by atoms with Crippen molar-refractivity contribution in [1.29, 1.82) is 0 Å². The lowest BCUT2D eigenvalue weighted by Gasteiger charge is -2.14. The SMILES string of the molecule is CC(C)CNCC(C)Cc1cccc(Br)c1F. The molecule has 3 heteroatoms. The number of benzene rings is 1. The summed E-state index contributed by atoms with van der Waals surface area (Å²) < 4.78 is 14.3. The first-order chi connectivity index (χ1) is 8.00. The summed E-state index contributed by atoms with van der Waals surface area (Å²) in [4.78, 5) is 0. The summed E-state index contributed by atoms with van der Waals surface area (Å²) in [5.41, 5.74) is 0.790. The number of hydrogen-bond acceptors (Lipinski definition) is 1. The zero-order valence-corrected chi connectivity index (χ0v) is 12.3.